The molecule has 35 heavy (non-hydrogen) atoms. The molecule has 1 amide bonds. The van der Waals surface area contributed by atoms with E-state index in [1.165, 1.54) is 5.56 Å². The third kappa shape index (κ3) is 5.17. The van der Waals surface area contributed by atoms with Gasteiger partial charge in [0.1, 0.15) is 18.8 Å². The van der Waals surface area contributed by atoms with Gasteiger partial charge in [-0.2, -0.15) is 0 Å². The lowest BCUT2D eigenvalue weighted by Crippen LogP contribution is -2.26. The molecule has 0 bridgehead atoms. The van der Waals surface area contributed by atoms with Crippen LogP contribution in [0.25, 0.3) is 0 Å². The van der Waals surface area contributed by atoms with Crippen LogP contribution in [0.15, 0.2) is 53.5 Å². The Morgan fingerprint density at radius 3 is 2.57 bits per heavy atom. The van der Waals surface area contributed by atoms with Gasteiger partial charge >= 0.3 is 12.1 Å². The van der Waals surface area contributed by atoms with Gasteiger partial charge in [-0.3, -0.25) is 4.90 Å². The second-order valence-electron chi connectivity index (χ2n) is 9.12. The van der Waals surface area contributed by atoms with Crippen molar-refractivity contribution in [3.05, 3.63) is 65.2 Å². The molecule has 1 aliphatic carbocycles. The van der Waals surface area contributed by atoms with Gasteiger partial charge < -0.3 is 18.9 Å². The summed E-state index contributed by atoms with van der Waals surface area (Å²) in [6.45, 7) is 2.04. The Labute approximate surface area is 204 Å². The molecule has 0 N–H and O–H groups in total. The van der Waals surface area contributed by atoms with E-state index in [2.05, 4.69) is 17.1 Å². The Hall–Kier alpha value is -3.39. The van der Waals surface area contributed by atoms with Crippen LogP contribution < -0.4 is 4.90 Å². The third-order valence-corrected chi connectivity index (χ3v) is 6.81. The minimum absolute atomic E-state index is 0.102. The fourth-order valence-corrected chi connectivity index (χ4v) is 5.01. The highest BCUT2D eigenvalue weighted by Crippen LogP contribution is 2.35. The molecule has 1 saturated carbocycles. The molecule has 3 aliphatic rings. The van der Waals surface area contributed by atoms with E-state index in [4.69, 9.17) is 18.9 Å². The van der Waals surface area contributed by atoms with Gasteiger partial charge in [0.15, 0.2) is 0 Å². The Balaban J connectivity index is 1.16. The molecule has 8 nitrogen and oxygen atoms in total. The largest absolute Gasteiger partial charge is 0.475 e. The van der Waals surface area contributed by atoms with Crippen molar-refractivity contribution >= 4 is 23.6 Å². The van der Waals surface area contributed by atoms with Crippen molar-refractivity contribution in [2.45, 2.75) is 43.8 Å². The Morgan fingerprint density at radius 1 is 1.09 bits per heavy atom. The van der Waals surface area contributed by atoms with E-state index < -0.39 is 0 Å². The highest BCUT2D eigenvalue weighted by atomic mass is 16.6. The molecule has 184 valence electrons. The smallest absolute Gasteiger partial charge is 0.414 e. The van der Waals surface area contributed by atoms with E-state index in [-0.39, 0.29) is 24.3 Å². The fourth-order valence-electron chi connectivity index (χ4n) is 5.01. The van der Waals surface area contributed by atoms with Crippen molar-refractivity contribution in [2.24, 2.45) is 4.99 Å². The number of nitrogens with zero attached hydrogens (tertiary/aromatic N) is 2. The van der Waals surface area contributed by atoms with Gasteiger partial charge in [-0.05, 0) is 61.4 Å². The molecule has 1 saturated heterocycles. The quantitative estimate of drug-likeness (QED) is 0.551. The zero-order valence-corrected chi connectivity index (χ0v) is 19.9. The zero-order chi connectivity index (χ0) is 24.2. The molecule has 8 heteroatoms. The molecule has 5 rings (SSSR count). The van der Waals surface area contributed by atoms with E-state index in [9.17, 15) is 9.59 Å². The molecule has 2 aliphatic heterocycles. The average Bonchev–Trinajstić information content (AvgIpc) is 3.55. The number of amides is 1. The van der Waals surface area contributed by atoms with E-state index >= 15 is 0 Å². The van der Waals surface area contributed by atoms with Crippen LogP contribution in [0.4, 0.5) is 10.5 Å². The van der Waals surface area contributed by atoms with E-state index in [0.29, 0.717) is 49.2 Å². The van der Waals surface area contributed by atoms with Crippen molar-refractivity contribution in [3.8, 4) is 0 Å². The van der Waals surface area contributed by atoms with Gasteiger partial charge in [-0.15, -0.1) is 0 Å². The molecule has 1 atom stereocenters. The molecule has 2 fully saturated rings. The minimum atomic E-state index is -0.338. The van der Waals surface area contributed by atoms with Crippen molar-refractivity contribution < 1.29 is 28.5 Å². The van der Waals surface area contributed by atoms with Crippen LogP contribution in [-0.2, 0) is 18.9 Å². The summed E-state index contributed by atoms with van der Waals surface area (Å²) < 4.78 is 21.9. The number of methoxy groups -OCH3 is 1. The van der Waals surface area contributed by atoms with Gasteiger partial charge in [0.2, 0.25) is 5.90 Å². The summed E-state index contributed by atoms with van der Waals surface area (Å²) in [5.41, 5.74) is 3.26. The highest BCUT2D eigenvalue weighted by molar-refractivity contribution is 6.05. The topological polar surface area (TPSA) is 86.7 Å². The van der Waals surface area contributed by atoms with E-state index in [1.54, 1.807) is 18.1 Å². The molecular formula is C27H30N2O6. The summed E-state index contributed by atoms with van der Waals surface area (Å²) in [7, 11) is 1.60. The van der Waals surface area contributed by atoms with E-state index in [1.807, 2.05) is 30.3 Å². The standard InChI is InChI=1S/C27H30N2O6/c1-32-17-22-16-29(27(31)35-22)20-10-6-18(7-11-20)19-8-12-21(13-9-19)34-26(30)24-5-3-2-4-23(24)25-28-14-15-33-25/h2-7,10-11,19,21-22H,8-9,12-17H2,1H3. The lowest BCUT2D eigenvalue weighted by molar-refractivity contribution is 0.0194. The summed E-state index contributed by atoms with van der Waals surface area (Å²) in [5.74, 6) is 0.594. The third-order valence-electron chi connectivity index (χ3n) is 6.81. The monoisotopic (exact) mass is 478 g/mol. The second kappa shape index (κ2) is 10.5. The molecule has 1 unspecified atom stereocenters. The lowest BCUT2D eigenvalue weighted by atomic mass is 9.82. The molecule has 0 aromatic heterocycles. The maximum atomic E-state index is 12.9. The first-order valence-electron chi connectivity index (χ1n) is 12.2. The number of hydrogen-bond acceptors (Lipinski definition) is 7. The first-order valence-corrected chi connectivity index (χ1v) is 12.2. The number of carbonyl (C=O) groups is 2. The fraction of sp³-hybridized carbons (Fsp3) is 0.444. The maximum absolute atomic E-state index is 12.9. The number of rotatable bonds is 7. The number of benzene rings is 2. The number of hydrogen-bond donors (Lipinski definition) is 0. The van der Waals surface area contributed by atoms with E-state index in [0.717, 1.165) is 31.4 Å². The number of esters is 1. The first kappa shape index (κ1) is 23.4. The maximum Gasteiger partial charge on any atom is 0.414 e. The van der Waals surface area contributed by atoms with Gasteiger partial charge in [0.25, 0.3) is 0 Å². The van der Waals surface area contributed by atoms with Crippen LogP contribution in [0.2, 0.25) is 0 Å². The molecule has 0 radical (unpaired) electrons. The predicted octanol–water partition coefficient (Wildman–Crippen LogP) is 4.32. The zero-order valence-electron chi connectivity index (χ0n) is 19.9. The molecule has 2 heterocycles. The van der Waals surface area contributed by atoms with Crippen molar-refractivity contribution in [1.29, 1.82) is 0 Å². The summed E-state index contributed by atoms with van der Waals surface area (Å²) in [6, 6.07) is 15.4. The van der Waals surface area contributed by atoms with Crippen molar-refractivity contribution in [1.82, 2.24) is 0 Å². The van der Waals surface area contributed by atoms with Gasteiger partial charge in [-0.25, -0.2) is 14.6 Å². The molecule has 2 aromatic carbocycles. The summed E-state index contributed by atoms with van der Waals surface area (Å²) in [5, 5.41) is 0. The van der Waals surface area contributed by atoms with Crippen LogP contribution in [0.5, 0.6) is 0 Å². The summed E-state index contributed by atoms with van der Waals surface area (Å²) >= 11 is 0. The van der Waals surface area contributed by atoms with Crippen LogP contribution in [0, 0.1) is 0 Å². The molecule has 2 aromatic rings. The van der Waals surface area contributed by atoms with Crippen LogP contribution in [0.3, 0.4) is 0 Å². The van der Waals surface area contributed by atoms with Crippen molar-refractivity contribution in [3.63, 3.8) is 0 Å². The Kier molecular flexibility index (Phi) is 6.99. The van der Waals surface area contributed by atoms with Crippen molar-refractivity contribution in [2.75, 3.05) is 38.3 Å². The number of cyclic esters (lactones) is 1. The van der Waals surface area contributed by atoms with Gasteiger partial charge in [0.05, 0.1) is 30.8 Å². The number of ether oxygens (including phenoxy) is 4. The summed E-state index contributed by atoms with van der Waals surface area (Å²) in [4.78, 5) is 31.1. The SMILES string of the molecule is COCC1CN(c2ccc(C3CCC(OC(=O)c4ccccc4C4=NCCO4)CC3)cc2)C(=O)O1. The number of carbonyl (C=O) groups excluding carboxylic acids is 2. The average molecular weight is 479 g/mol. The molecule has 0 spiro atoms. The van der Waals surface area contributed by atoms with Crippen LogP contribution >= 0.6 is 0 Å². The Bertz CT molecular complexity index is 1090. The lowest BCUT2D eigenvalue weighted by Gasteiger charge is -2.29. The Morgan fingerprint density at radius 2 is 1.86 bits per heavy atom. The second-order valence-corrected chi connectivity index (χ2v) is 9.12. The number of aliphatic imine (C=N–C) groups is 1. The highest BCUT2D eigenvalue weighted by Gasteiger charge is 2.32. The van der Waals surface area contributed by atoms with Crippen LogP contribution in [-0.4, -0.2) is 63.6 Å². The predicted molar refractivity (Wildman–Crippen MR) is 130 cm³/mol. The first-order chi connectivity index (χ1) is 17.1. The number of anilines is 1. The van der Waals surface area contributed by atoms with Gasteiger partial charge in [-0.1, -0.05) is 24.3 Å². The van der Waals surface area contributed by atoms with Gasteiger partial charge in [0, 0.05) is 12.8 Å². The molecular weight excluding hydrogens is 448 g/mol. The normalized spacial score (nSPS) is 24.0. The minimum Gasteiger partial charge on any atom is -0.475 e. The van der Waals surface area contributed by atoms with Crippen LogP contribution in [0.1, 0.15) is 53.1 Å². The summed E-state index contributed by atoms with van der Waals surface area (Å²) in [6.07, 6.45) is 2.83.